The van der Waals surface area contributed by atoms with E-state index in [1.807, 2.05) is 0 Å². The molecule has 14 heavy (non-hydrogen) atoms. The van der Waals surface area contributed by atoms with Crippen molar-refractivity contribution in [3.8, 4) is 5.75 Å². The molecule has 0 aliphatic rings. The minimum absolute atomic E-state index is 0.643. The number of anilines is 1. The van der Waals surface area contributed by atoms with Gasteiger partial charge in [0.05, 0.1) is 11.1 Å². The van der Waals surface area contributed by atoms with Crippen LogP contribution >= 0.6 is 0 Å². The number of nitrogens with two attached hydrogens (primary N) is 1. The first-order chi connectivity index (χ1) is 6.45. The highest BCUT2D eigenvalue weighted by Crippen LogP contribution is 2.36. The first-order valence-corrected chi connectivity index (χ1v) is 3.35. The van der Waals surface area contributed by atoms with Crippen LogP contribution in [-0.4, -0.2) is 15.0 Å². The van der Waals surface area contributed by atoms with Crippen molar-refractivity contribution in [3.05, 3.63) is 22.0 Å². The first-order valence-electron chi connectivity index (χ1n) is 3.35. The van der Waals surface area contributed by atoms with E-state index in [-0.39, 0.29) is 0 Å². The maximum absolute atomic E-state index is 12.2. The van der Waals surface area contributed by atoms with E-state index in [1.54, 1.807) is 0 Å². The smallest absolute Gasteiger partial charge is 0.323 e. The van der Waals surface area contributed by atoms with Crippen LogP contribution in [0.4, 0.5) is 20.2 Å². The fourth-order valence-electron chi connectivity index (χ4n) is 0.872. The molecule has 0 aromatic carbocycles. The number of rotatable bonds is 2. The van der Waals surface area contributed by atoms with Crippen LogP contribution in [0.1, 0.15) is 12.1 Å². The predicted octanol–water partition coefficient (Wildman–Crippen LogP) is 1.22. The van der Waals surface area contributed by atoms with Crippen LogP contribution in [0.3, 0.4) is 0 Å². The molecule has 6 nitrogen and oxygen atoms in total. The predicted molar refractivity (Wildman–Crippen MR) is 41.9 cm³/mol. The van der Waals surface area contributed by atoms with E-state index in [4.69, 9.17) is 10.8 Å². The van der Waals surface area contributed by atoms with Crippen LogP contribution in [0, 0.1) is 10.1 Å². The zero-order valence-corrected chi connectivity index (χ0v) is 6.65. The Morgan fingerprint density at radius 2 is 2.21 bits per heavy atom. The third-order valence-corrected chi connectivity index (χ3v) is 1.49. The zero-order valence-electron chi connectivity index (χ0n) is 6.65. The lowest BCUT2D eigenvalue weighted by Gasteiger charge is -2.04. The minimum Gasteiger partial charge on any atom is -0.504 e. The average Bonchev–Trinajstić information content (AvgIpc) is 2.08. The average molecular weight is 205 g/mol. The van der Waals surface area contributed by atoms with Crippen molar-refractivity contribution < 1.29 is 18.8 Å². The monoisotopic (exact) mass is 205 g/mol. The first kappa shape index (κ1) is 10.1. The number of nitrogens with zero attached hydrogens (tertiary/aromatic N) is 2. The third kappa shape index (κ3) is 1.53. The fraction of sp³-hybridized carbons (Fsp3) is 0.167. The Bertz CT molecular complexity index is 383. The van der Waals surface area contributed by atoms with E-state index in [9.17, 15) is 18.9 Å². The molecule has 1 aromatic rings. The van der Waals surface area contributed by atoms with Crippen molar-refractivity contribution in [3.63, 3.8) is 0 Å². The van der Waals surface area contributed by atoms with Crippen molar-refractivity contribution >= 4 is 11.4 Å². The molecule has 0 amide bonds. The van der Waals surface area contributed by atoms with Crippen molar-refractivity contribution in [2.75, 3.05) is 5.73 Å². The van der Waals surface area contributed by atoms with Gasteiger partial charge in [-0.1, -0.05) is 0 Å². The Labute approximate surface area is 76.1 Å². The van der Waals surface area contributed by atoms with E-state index in [0.29, 0.717) is 6.20 Å². The van der Waals surface area contributed by atoms with Gasteiger partial charge in [0.1, 0.15) is 0 Å². The van der Waals surface area contributed by atoms with Crippen molar-refractivity contribution in [2.45, 2.75) is 6.43 Å². The molecule has 1 rings (SSSR count). The van der Waals surface area contributed by atoms with Crippen molar-refractivity contribution in [2.24, 2.45) is 0 Å². The summed E-state index contributed by atoms with van der Waals surface area (Å²) in [5.41, 5.74) is 2.24. The van der Waals surface area contributed by atoms with Gasteiger partial charge in [-0.05, 0) is 0 Å². The highest BCUT2D eigenvalue weighted by Gasteiger charge is 2.28. The molecule has 0 aliphatic carbocycles. The molecule has 0 fully saturated rings. The number of aromatic nitrogens is 1. The largest absolute Gasteiger partial charge is 0.504 e. The Hall–Kier alpha value is -1.99. The van der Waals surface area contributed by atoms with Gasteiger partial charge >= 0.3 is 5.69 Å². The van der Waals surface area contributed by atoms with E-state index >= 15 is 0 Å². The summed E-state index contributed by atoms with van der Waals surface area (Å²) in [5, 5.41) is 19.3. The Morgan fingerprint density at radius 3 is 2.64 bits per heavy atom. The Morgan fingerprint density at radius 1 is 1.64 bits per heavy atom. The maximum atomic E-state index is 12.2. The number of hydrogen-bond acceptors (Lipinski definition) is 5. The van der Waals surface area contributed by atoms with Gasteiger partial charge in [0.2, 0.25) is 0 Å². The molecule has 0 bridgehead atoms. The molecule has 0 radical (unpaired) electrons. The van der Waals surface area contributed by atoms with Gasteiger partial charge < -0.3 is 10.8 Å². The molecule has 0 spiro atoms. The second-order valence-electron chi connectivity index (χ2n) is 2.35. The maximum Gasteiger partial charge on any atom is 0.323 e. The Balaban J connectivity index is 3.45. The van der Waals surface area contributed by atoms with Gasteiger partial charge in [-0.3, -0.25) is 10.1 Å². The molecular formula is C6H5F2N3O3. The van der Waals surface area contributed by atoms with Crippen LogP contribution in [0.2, 0.25) is 0 Å². The summed E-state index contributed by atoms with van der Waals surface area (Å²) < 4.78 is 24.4. The summed E-state index contributed by atoms with van der Waals surface area (Å²) >= 11 is 0. The van der Waals surface area contributed by atoms with E-state index in [1.165, 1.54) is 0 Å². The lowest BCUT2D eigenvalue weighted by Crippen LogP contribution is -2.03. The molecule has 76 valence electrons. The van der Waals surface area contributed by atoms with E-state index in [0.717, 1.165) is 0 Å². The lowest BCUT2D eigenvalue weighted by atomic mass is 10.2. The number of alkyl halides is 2. The normalized spacial score (nSPS) is 10.5. The van der Waals surface area contributed by atoms with Crippen molar-refractivity contribution in [1.29, 1.82) is 0 Å². The summed E-state index contributed by atoms with van der Waals surface area (Å²) in [5.74, 6) is -0.693. The molecule has 0 saturated heterocycles. The molecule has 0 saturated carbocycles. The molecule has 0 atom stereocenters. The van der Waals surface area contributed by atoms with Crippen LogP contribution in [-0.2, 0) is 0 Å². The molecule has 1 aromatic heterocycles. The highest BCUT2D eigenvalue weighted by atomic mass is 19.3. The van der Waals surface area contributed by atoms with E-state index < -0.39 is 34.2 Å². The summed E-state index contributed by atoms with van der Waals surface area (Å²) in [7, 11) is 0. The topological polar surface area (TPSA) is 102 Å². The number of halogens is 2. The summed E-state index contributed by atoms with van der Waals surface area (Å²) in [6.07, 6.45) is -2.47. The zero-order chi connectivity index (χ0) is 10.9. The van der Waals surface area contributed by atoms with Gasteiger partial charge in [0.25, 0.3) is 6.43 Å². The van der Waals surface area contributed by atoms with Gasteiger partial charge in [-0.15, -0.1) is 0 Å². The summed E-state index contributed by atoms with van der Waals surface area (Å²) in [6.45, 7) is 0. The molecule has 8 heteroatoms. The number of nitro groups is 1. The third-order valence-electron chi connectivity index (χ3n) is 1.49. The van der Waals surface area contributed by atoms with Gasteiger partial charge in [-0.2, -0.15) is 0 Å². The molecule has 3 N–H and O–H groups in total. The fourth-order valence-corrected chi connectivity index (χ4v) is 0.872. The molecule has 0 unspecified atom stereocenters. The molecule has 0 aliphatic heterocycles. The van der Waals surface area contributed by atoms with Gasteiger partial charge in [-0.25, -0.2) is 13.8 Å². The lowest BCUT2D eigenvalue weighted by molar-refractivity contribution is -0.385. The van der Waals surface area contributed by atoms with Crippen molar-refractivity contribution in [1.82, 2.24) is 4.98 Å². The quantitative estimate of drug-likeness (QED) is 0.558. The number of aromatic hydroxyl groups is 1. The van der Waals surface area contributed by atoms with Crippen LogP contribution in [0.25, 0.3) is 0 Å². The van der Waals surface area contributed by atoms with Gasteiger partial charge in [0.15, 0.2) is 17.1 Å². The second-order valence-corrected chi connectivity index (χ2v) is 2.35. The van der Waals surface area contributed by atoms with Crippen LogP contribution in [0.15, 0.2) is 6.20 Å². The molecular weight excluding hydrogens is 200 g/mol. The summed E-state index contributed by atoms with van der Waals surface area (Å²) in [4.78, 5) is 12.3. The Kier molecular flexibility index (Phi) is 2.45. The van der Waals surface area contributed by atoms with Crippen LogP contribution < -0.4 is 5.73 Å². The standard InChI is InChI=1S/C6H5F2N3O3/c7-6(8)4-5(11(13)14)3(9)2(12)1-10-4/h1,6,12H,(H2,9,10). The second kappa shape index (κ2) is 3.40. The van der Waals surface area contributed by atoms with E-state index in [2.05, 4.69) is 4.98 Å². The minimum atomic E-state index is -3.11. The highest BCUT2D eigenvalue weighted by molar-refractivity contribution is 5.67. The number of nitrogen functional groups attached to an aromatic ring is 1. The number of pyridine rings is 1. The van der Waals surface area contributed by atoms with Gasteiger partial charge in [0, 0.05) is 0 Å². The molecule has 1 heterocycles. The van der Waals surface area contributed by atoms with Crippen LogP contribution in [0.5, 0.6) is 5.75 Å². The summed E-state index contributed by atoms with van der Waals surface area (Å²) in [6, 6.07) is 0. The number of hydrogen-bond donors (Lipinski definition) is 2. The SMILES string of the molecule is Nc1c(O)cnc(C(F)F)c1[N+](=O)[O-].